The molecule has 2 heterocycles. The number of aromatic nitrogens is 2. The standard InChI is InChI=1S/C15H16FN3OS/c1-15(2,3)12(17)13-18-14(20-19-13)11-6-8-4-5-9(16)7-10(8)21-11/h4-7,12H,17H2,1-3H3. The van der Waals surface area contributed by atoms with Crippen molar-refractivity contribution in [2.45, 2.75) is 26.8 Å². The van der Waals surface area contributed by atoms with Gasteiger partial charge in [0.1, 0.15) is 5.82 Å². The zero-order valence-corrected chi connectivity index (χ0v) is 12.9. The van der Waals surface area contributed by atoms with Gasteiger partial charge in [-0.15, -0.1) is 11.3 Å². The lowest BCUT2D eigenvalue weighted by Crippen LogP contribution is -2.27. The Labute approximate surface area is 125 Å². The van der Waals surface area contributed by atoms with Crippen molar-refractivity contribution in [2.24, 2.45) is 11.1 Å². The molecule has 4 nitrogen and oxygen atoms in total. The lowest BCUT2D eigenvalue weighted by Gasteiger charge is -2.23. The van der Waals surface area contributed by atoms with Crippen LogP contribution in [0.5, 0.6) is 0 Å². The second-order valence-electron chi connectivity index (χ2n) is 6.09. The number of rotatable bonds is 2. The zero-order chi connectivity index (χ0) is 15.2. The number of nitrogens with zero attached hydrogens (tertiary/aromatic N) is 2. The maximum Gasteiger partial charge on any atom is 0.268 e. The Morgan fingerprint density at radius 1 is 1.29 bits per heavy atom. The summed E-state index contributed by atoms with van der Waals surface area (Å²) in [6.45, 7) is 6.07. The molecule has 0 aliphatic carbocycles. The van der Waals surface area contributed by atoms with Gasteiger partial charge < -0.3 is 10.3 Å². The average Bonchev–Trinajstić information content (AvgIpc) is 3.01. The number of hydrogen-bond donors (Lipinski definition) is 1. The van der Waals surface area contributed by atoms with E-state index >= 15 is 0 Å². The summed E-state index contributed by atoms with van der Waals surface area (Å²) in [5.74, 6) is 0.657. The van der Waals surface area contributed by atoms with E-state index in [9.17, 15) is 4.39 Å². The molecule has 0 saturated carbocycles. The summed E-state index contributed by atoms with van der Waals surface area (Å²) in [5.41, 5.74) is 5.98. The molecule has 0 amide bonds. The van der Waals surface area contributed by atoms with Crippen LogP contribution in [0.25, 0.3) is 20.9 Å². The number of benzene rings is 1. The Morgan fingerprint density at radius 2 is 2.05 bits per heavy atom. The summed E-state index contributed by atoms with van der Waals surface area (Å²) in [5, 5.41) is 4.92. The maximum atomic E-state index is 13.2. The molecule has 2 N–H and O–H groups in total. The van der Waals surface area contributed by atoms with Crippen LogP contribution in [-0.2, 0) is 0 Å². The molecule has 6 heteroatoms. The lowest BCUT2D eigenvalue weighted by molar-refractivity contribution is 0.303. The highest BCUT2D eigenvalue weighted by atomic mass is 32.1. The molecule has 3 rings (SSSR count). The first kappa shape index (κ1) is 14.2. The molecule has 0 spiro atoms. The van der Waals surface area contributed by atoms with Crippen molar-refractivity contribution >= 4 is 21.4 Å². The normalized spacial score (nSPS) is 13.8. The Balaban J connectivity index is 1.98. The molecule has 2 aromatic heterocycles. The van der Waals surface area contributed by atoms with Gasteiger partial charge in [-0.25, -0.2) is 4.39 Å². The van der Waals surface area contributed by atoms with Crippen LogP contribution in [0.1, 0.15) is 32.6 Å². The molecule has 0 fully saturated rings. The number of hydrogen-bond acceptors (Lipinski definition) is 5. The number of halogens is 1. The van der Waals surface area contributed by atoms with E-state index in [2.05, 4.69) is 10.1 Å². The number of nitrogens with two attached hydrogens (primary N) is 1. The van der Waals surface area contributed by atoms with Crippen LogP contribution in [0, 0.1) is 11.2 Å². The van der Waals surface area contributed by atoms with Gasteiger partial charge in [-0.2, -0.15) is 4.98 Å². The SMILES string of the molecule is CC(C)(C)C(N)c1noc(-c2cc3ccc(F)cc3s2)n1. The van der Waals surface area contributed by atoms with E-state index in [0.29, 0.717) is 11.7 Å². The summed E-state index contributed by atoms with van der Waals surface area (Å²) in [4.78, 5) is 5.19. The average molecular weight is 305 g/mol. The van der Waals surface area contributed by atoms with Crippen LogP contribution in [0.15, 0.2) is 28.8 Å². The highest BCUT2D eigenvalue weighted by Crippen LogP contribution is 2.35. The van der Waals surface area contributed by atoms with E-state index in [0.717, 1.165) is 15.0 Å². The van der Waals surface area contributed by atoms with Crippen molar-refractivity contribution in [1.29, 1.82) is 0 Å². The molecule has 0 radical (unpaired) electrons. The minimum atomic E-state index is -0.304. The number of thiophene rings is 1. The van der Waals surface area contributed by atoms with Crippen molar-refractivity contribution in [3.63, 3.8) is 0 Å². The summed E-state index contributed by atoms with van der Waals surface area (Å²) >= 11 is 1.42. The smallest absolute Gasteiger partial charge is 0.268 e. The van der Waals surface area contributed by atoms with Gasteiger partial charge in [0.25, 0.3) is 5.89 Å². The third-order valence-electron chi connectivity index (χ3n) is 3.35. The molecule has 0 aliphatic heterocycles. The highest BCUT2D eigenvalue weighted by molar-refractivity contribution is 7.22. The van der Waals surface area contributed by atoms with E-state index in [1.807, 2.05) is 26.8 Å². The predicted molar refractivity (Wildman–Crippen MR) is 81.5 cm³/mol. The minimum absolute atomic E-state index is 0.148. The summed E-state index contributed by atoms with van der Waals surface area (Å²) in [6, 6.07) is 6.29. The molecule has 0 saturated heterocycles. The molecule has 1 atom stereocenters. The quantitative estimate of drug-likeness (QED) is 0.773. The molecule has 0 bridgehead atoms. The van der Waals surface area contributed by atoms with Gasteiger partial charge in [-0.1, -0.05) is 32.0 Å². The molecular weight excluding hydrogens is 289 g/mol. The first-order chi connectivity index (χ1) is 9.84. The second kappa shape index (κ2) is 4.89. The second-order valence-corrected chi connectivity index (χ2v) is 7.18. The zero-order valence-electron chi connectivity index (χ0n) is 12.1. The van der Waals surface area contributed by atoms with Crippen LogP contribution in [0.3, 0.4) is 0 Å². The van der Waals surface area contributed by atoms with Crippen molar-refractivity contribution in [2.75, 3.05) is 0 Å². The molecule has 1 unspecified atom stereocenters. The molecule has 0 aliphatic rings. The van der Waals surface area contributed by atoms with Crippen LogP contribution in [0.4, 0.5) is 4.39 Å². The first-order valence-electron chi connectivity index (χ1n) is 6.63. The minimum Gasteiger partial charge on any atom is -0.333 e. The van der Waals surface area contributed by atoms with Gasteiger partial charge in [-0.3, -0.25) is 0 Å². The summed E-state index contributed by atoms with van der Waals surface area (Å²) in [6.07, 6.45) is 0. The lowest BCUT2D eigenvalue weighted by atomic mass is 9.87. The Kier molecular flexibility index (Phi) is 3.30. The Morgan fingerprint density at radius 3 is 2.76 bits per heavy atom. The molecular formula is C15H16FN3OS. The first-order valence-corrected chi connectivity index (χ1v) is 7.45. The fourth-order valence-electron chi connectivity index (χ4n) is 1.96. The van der Waals surface area contributed by atoms with Crippen molar-refractivity contribution in [3.05, 3.63) is 35.9 Å². The highest BCUT2D eigenvalue weighted by Gasteiger charge is 2.27. The van der Waals surface area contributed by atoms with E-state index < -0.39 is 0 Å². The van der Waals surface area contributed by atoms with Gasteiger partial charge in [0, 0.05) is 4.70 Å². The van der Waals surface area contributed by atoms with E-state index in [-0.39, 0.29) is 17.3 Å². The van der Waals surface area contributed by atoms with Gasteiger partial charge in [0.05, 0.1) is 10.9 Å². The Hall–Kier alpha value is -1.79. The van der Waals surface area contributed by atoms with Crippen LogP contribution < -0.4 is 5.73 Å². The summed E-state index contributed by atoms with van der Waals surface area (Å²) in [7, 11) is 0. The fourth-order valence-corrected chi connectivity index (χ4v) is 2.97. The van der Waals surface area contributed by atoms with Gasteiger partial charge in [0.2, 0.25) is 0 Å². The third kappa shape index (κ3) is 2.69. The van der Waals surface area contributed by atoms with Gasteiger partial charge in [-0.05, 0) is 29.0 Å². The van der Waals surface area contributed by atoms with E-state index in [4.69, 9.17) is 10.3 Å². The predicted octanol–water partition coefficient (Wildman–Crippen LogP) is 4.14. The molecule has 1 aromatic carbocycles. The molecule has 3 aromatic rings. The Bertz CT molecular complexity index is 788. The van der Waals surface area contributed by atoms with Crippen LogP contribution in [0.2, 0.25) is 0 Å². The molecule has 110 valence electrons. The van der Waals surface area contributed by atoms with Crippen molar-refractivity contribution in [1.82, 2.24) is 10.1 Å². The van der Waals surface area contributed by atoms with E-state index in [1.165, 1.54) is 23.5 Å². The van der Waals surface area contributed by atoms with Crippen LogP contribution >= 0.6 is 11.3 Å². The largest absolute Gasteiger partial charge is 0.333 e. The van der Waals surface area contributed by atoms with Crippen molar-refractivity contribution < 1.29 is 8.91 Å². The topological polar surface area (TPSA) is 64.9 Å². The summed E-state index contributed by atoms with van der Waals surface area (Å²) < 4.78 is 19.4. The van der Waals surface area contributed by atoms with E-state index in [1.54, 1.807) is 6.07 Å². The molecule has 21 heavy (non-hydrogen) atoms. The maximum absolute atomic E-state index is 13.2. The van der Waals surface area contributed by atoms with Crippen molar-refractivity contribution in [3.8, 4) is 10.8 Å². The van der Waals surface area contributed by atoms with Gasteiger partial charge >= 0.3 is 0 Å². The fraction of sp³-hybridized carbons (Fsp3) is 0.333. The third-order valence-corrected chi connectivity index (χ3v) is 4.43. The monoisotopic (exact) mass is 305 g/mol. The number of fused-ring (bicyclic) bond motifs is 1. The van der Waals surface area contributed by atoms with Gasteiger partial charge in [0.15, 0.2) is 5.82 Å². The van der Waals surface area contributed by atoms with Crippen LogP contribution in [-0.4, -0.2) is 10.1 Å².